The van der Waals surface area contributed by atoms with Crippen LogP contribution in [0.4, 0.5) is 0 Å². The third-order valence-electron chi connectivity index (χ3n) is 3.31. The van der Waals surface area contributed by atoms with Crippen molar-refractivity contribution < 1.29 is 8.42 Å². The number of hydrogen-bond acceptors (Lipinski definition) is 6. The van der Waals surface area contributed by atoms with E-state index in [1.807, 2.05) is 36.4 Å². The fraction of sp³-hybridized carbons (Fsp3) is 0.133. The molecule has 9 heteroatoms. The Morgan fingerprint density at radius 2 is 1.79 bits per heavy atom. The van der Waals surface area contributed by atoms with Crippen LogP contribution in [-0.2, 0) is 16.6 Å². The number of H-pyrrole nitrogens is 1. The minimum Gasteiger partial charge on any atom is -0.296 e. The summed E-state index contributed by atoms with van der Waals surface area (Å²) in [6, 6.07) is 16.4. The fourth-order valence-electron chi connectivity index (χ4n) is 2.13. The van der Waals surface area contributed by atoms with Crippen molar-refractivity contribution in [3.63, 3.8) is 0 Å². The van der Waals surface area contributed by atoms with Gasteiger partial charge in [-0.1, -0.05) is 47.7 Å². The van der Waals surface area contributed by atoms with Gasteiger partial charge < -0.3 is 0 Å². The normalized spacial score (nSPS) is 11.5. The number of aromatic amines is 1. The predicted octanol–water partition coefficient (Wildman–Crippen LogP) is 0.892. The first-order chi connectivity index (χ1) is 11.6. The second-order valence-corrected chi connectivity index (χ2v) is 6.74. The summed E-state index contributed by atoms with van der Waals surface area (Å²) in [6.07, 6.45) is 0. The lowest BCUT2D eigenvalue weighted by molar-refractivity contribution is 0.566. The molecule has 0 bridgehead atoms. The summed E-state index contributed by atoms with van der Waals surface area (Å²) < 4.78 is 27.2. The van der Waals surface area contributed by atoms with Crippen molar-refractivity contribution in [3.05, 3.63) is 60.4 Å². The van der Waals surface area contributed by atoms with Gasteiger partial charge in [-0.05, 0) is 23.3 Å². The zero-order chi connectivity index (χ0) is 16.8. The fourth-order valence-corrected chi connectivity index (χ4v) is 3.13. The minimum absolute atomic E-state index is 0.0619. The Labute approximate surface area is 139 Å². The number of sulfonamides is 1. The molecule has 0 aliphatic heterocycles. The number of rotatable bonds is 7. The van der Waals surface area contributed by atoms with Gasteiger partial charge in [0.05, 0.1) is 18.1 Å². The SMILES string of the molecule is O=S(=O)(NCNCc1nn[nH]n1)c1cccc(-c2ccccc2)c1. The molecule has 0 saturated heterocycles. The second-order valence-electron chi connectivity index (χ2n) is 4.97. The first-order valence-corrected chi connectivity index (χ1v) is 8.72. The molecule has 3 aromatic rings. The van der Waals surface area contributed by atoms with Gasteiger partial charge in [0.2, 0.25) is 10.0 Å². The van der Waals surface area contributed by atoms with Crippen LogP contribution in [0.3, 0.4) is 0 Å². The predicted molar refractivity (Wildman–Crippen MR) is 88.1 cm³/mol. The Morgan fingerprint density at radius 1 is 1.00 bits per heavy atom. The van der Waals surface area contributed by atoms with Crippen molar-refractivity contribution in [2.24, 2.45) is 0 Å². The van der Waals surface area contributed by atoms with Crippen LogP contribution < -0.4 is 10.0 Å². The van der Waals surface area contributed by atoms with E-state index in [9.17, 15) is 8.42 Å². The van der Waals surface area contributed by atoms with E-state index < -0.39 is 10.0 Å². The van der Waals surface area contributed by atoms with Crippen LogP contribution in [0.15, 0.2) is 59.5 Å². The van der Waals surface area contributed by atoms with Gasteiger partial charge in [-0.3, -0.25) is 5.32 Å². The smallest absolute Gasteiger partial charge is 0.241 e. The molecule has 0 spiro atoms. The number of hydrogen-bond donors (Lipinski definition) is 3. The van der Waals surface area contributed by atoms with Crippen molar-refractivity contribution in [2.45, 2.75) is 11.4 Å². The molecule has 124 valence electrons. The standard InChI is InChI=1S/C15H16N6O2S/c22-24(23,17-11-16-10-15-18-20-21-19-15)14-8-4-7-13(9-14)12-5-2-1-3-6-12/h1-9,16-17H,10-11H2,(H,18,19,20,21). The molecule has 3 N–H and O–H groups in total. The molecule has 3 rings (SSSR count). The first-order valence-electron chi connectivity index (χ1n) is 7.23. The maximum atomic E-state index is 12.4. The summed E-state index contributed by atoms with van der Waals surface area (Å²) in [5, 5.41) is 16.2. The van der Waals surface area contributed by atoms with Crippen molar-refractivity contribution in [3.8, 4) is 11.1 Å². The molecule has 0 radical (unpaired) electrons. The van der Waals surface area contributed by atoms with E-state index in [4.69, 9.17) is 0 Å². The van der Waals surface area contributed by atoms with Crippen LogP contribution in [0, 0.1) is 0 Å². The Hall–Kier alpha value is -2.62. The summed E-state index contributed by atoms with van der Waals surface area (Å²) in [6.45, 7) is 0.371. The highest BCUT2D eigenvalue weighted by molar-refractivity contribution is 7.89. The van der Waals surface area contributed by atoms with Crippen LogP contribution in [0.25, 0.3) is 11.1 Å². The lowest BCUT2D eigenvalue weighted by Crippen LogP contribution is -2.33. The van der Waals surface area contributed by atoms with Crippen LogP contribution in [0.2, 0.25) is 0 Å². The number of aromatic nitrogens is 4. The van der Waals surface area contributed by atoms with Gasteiger partial charge in [-0.2, -0.15) is 9.94 Å². The average molecular weight is 344 g/mol. The molecule has 2 aromatic carbocycles. The Morgan fingerprint density at radius 3 is 2.54 bits per heavy atom. The van der Waals surface area contributed by atoms with Gasteiger partial charge in [-0.25, -0.2) is 8.42 Å². The number of benzene rings is 2. The van der Waals surface area contributed by atoms with Crippen molar-refractivity contribution in [1.82, 2.24) is 30.7 Å². The van der Waals surface area contributed by atoms with Gasteiger partial charge in [0, 0.05) is 0 Å². The maximum Gasteiger partial charge on any atom is 0.241 e. The van der Waals surface area contributed by atoms with Gasteiger partial charge >= 0.3 is 0 Å². The van der Waals surface area contributed by atoms with E-state index >= 15 is 0 Å². The summed E-state index contributed by atoms with van der Waals surface area (Å²) in [5.74, 6) is 0.459. The Kier molecular flexibility index (Phi) is 4.94. The molecule has 0 atom stereocenters. The van der Waals surface area contributed by atoms with E-state index in [2.05, 4.69) is 30.7 Å². The molecular formula is C15H16N6O2S. The van der Waals surface area contributed by atoms with E-state index in [-0.39, 0.29) is 11.6 Å². The van der Waals surface area contributed by atoms with E-state index in [1.165, 1.54) is 0 Å². The molecule has 0 fully saturated rings. The molecule has 1 aromatic heterocycles. The van der Waals surface area contributed by atoms with Crippen LogP contribution in [0.5, 0.6) is 0 Å². The molecule has 0 saturated carbocycles. The van der Waals surface area contributed by atoms with Crippen molar-refractivity contribution in [1.29, 1.82) is 0 Å². The maximum absolute atomic E-state index is 12.4. The number of nitrogens with one attached hydrogen (secondary N) is 3. The molecule has 0 unspecified atom stereocenters. The van der Waals surface area contributed by atoms with Gasteiger partial charge in [0.25, 0.3) is 0 Å². The number of nitrogens with zero attached hydrogens (tertiary/aromatic N) is 3. The van der Waals surface area contributed by atoms with Gasteiger partial charge in [0.1, 0.15) is 0 Å². The average Bonchev–Trinajstić information content (AvgIpc) is 3.13. The second kappa shape index (κ2) is 7.30. The third kappa shape index (κ3) is 4.02. The zero-order valence-electron chi connectivity index (χ0n) is 12.7. The van der Waals surface area contributed by atoms with E-state index in [0.717, 1.165) is 11.1 Å². The molecule has 0 aliphatic carbocycles. The lowest BCUT2D eigenvalue weighted by atomic mass is 10.1. The van der Waals surface area contributed by atoms with E-state index in [1.54, 1.807) is 18.2 Å². The summed E-state index contributed by atoms with van der Waals surface area (Å²) in [5.41, 5.74) is 1.81. The number of tetrazole rings is 1. The minimum atomic E-state index is -3.61. The molecule has 24 heavy (non-hydrogen) atoms. The van der Waals surface area contributed by atoms with Crippen molar-refractivity contribution >= 4 is 10.0 Å². The molecule has 0 aliphatic rings. The molecule has 1 heterocycles. The van der Waals surface area contributed by atoms with Crippen LogP contribution >= 0.6 is 0 Å². The van der Waals surface area contributed by atoms with Crippen LogP contribution in [-0.4, -0.2) is 35.7 Å². The van der Waals surface area contributed by atoms with Gasteiger partial charge in [-0.15, -0.1) is 10.2 Å². The lowest BCUT2D eigenvalue weighted by Gasteiger charge is -2.09. The zero-order valence-corrected chi connectivity index (χ0v) is 13.5. The first kappa shape index (κ1) is 16.2. The van der Waals surface area contributed by atoms with Crippen molar-refractivity contribution in [2.75, 3.05) is 6.67 Å². The Balaban J connectivity index is 1.66. The van der Waals surface area contributed by atoms with Gasteiger partial charge in [0.15, 0.2) is 5.82 Å². The topological polar surface area (TPSA) is 113 Å². The highest BCUT2D eigenvalue weighted by Gasteiger charge is 2.14. The third-order valence-corrected chi connectivity index (χ3v) is 4.71. The van der Waals surface area contributed by atoms with Crippen LogP contribution in [0.1, 0.15) is 5.82 Å². The quantitative estimate of drug-likeness (QED) is 0.433. The monoisotopic (exact) mass is 344 g/mol. The highest BCUT2D eigenvalue weighted by Crippen LogP contribution is 2.21. The van der Waals surface area contributed by atoms with E-state index in [0.29, 0.717) is 12.4 Å². The summed E-state index contributed by atoms with van der Waals surface area (Å²) in [7, 11) is -3.61. The summed E-state index contributed by atoms with van der Waals surface area (Å²) in [4.78, 5) is 0.213. The molecule has 8 nitrogen and oxygen atoms in total. The summed E-state index contributed by atoms with van der Waals surface area (Å²) >= 11 is 0. The molecular weight excluding hydrogens is 328 g/mol. The molecule has 0 amide bonds. The Bertz CT molecular complexity index is 881. The largest absolute Gasteiger partial charge is 0.296 e. The highest BCUT2D eigenvalue weighted by atomic mass is 32.2.